The van der Waals surface area contributed by atoms with E-state index >= 15 is 0 Å². The van der Waals surface area contributed by atoms with Gasteiger partial charge in [0, 0.05) is 0 Å². The molecule has 0 heterocycles. The number of rotatable bonds is 2. The summed E-state index contributed by atoms with van der Waals surface area (Å²) in [4.78, 5) is 0. The first-order valence-electron chi connectivity index (χ1n) is 4.10. The summed E-state index contributed by atoms with van der Waals surface area (Å²) in [5.74, 6) is -0.868. The molecule has 0 bridgehead atoms. The summed E-state index contributed by atoms with van der Waals surface area (Å²) in [7, 11) is 1.05. The molecule has 13 heavy (non-hydrogen) atoms. The Balaban J connectivity index is 2.69. The summed E-state index contributed by atoms with van der Waals surface area (Å²) in [6, 6.07) is 0. The molecule has 0 aliphatic heterocycles. The fourth-order valence-electron chi connectivity index (χ4n) is 1.25. The lowest BCUT2D eigenvalue weighted by atomic mass is 10.1. The molecule has 0 N–H and O–H groups in total. The molecule has 0 aromatic rings. The molecule has 0 radical (unpaired) electrons. The van der Waals surface area contributed by atoms with Gasteiger partial charge in [-0.15, -0.1) is 0 Å². The fraction of sp³-hybridized carbons (Fsp3) is 0.778. The van der Waals surface area contributed by atoms with Gasteiger partial charge in [-0.2, -0.15) is 13.2 Å². The van der Waals surface area contributed by atoms with E-state index in [0.717, 1.165) is 13.5 Å². The van der Waals surface area contributed by atoms with Crippen LogP contribution in [-0.2, 0) is 4.74 Å². The second-order valence-corrected chi connectivity index (χ2v) is 4.03. The monoisotopic (exact) mass is 194 g/mol. The van der Waals surface area contributed by atoms with Crippen LogP contribution in [-0.4, -0.2) is 13.3 Å². The average Bonchev–Trinajstić information content (AvgIpc) is 2.51. The van der Waals surface area contributed by atoms with Crippen molar-refractivity contribution in [2.45, 2.75) is 26.4 Å². The van der Waals surface area contributed by atoms with E-state index in [1.165, 1.54) is 6.08 Å². The van der Waals surface area contributed by atoms with E-state index < -0.39 is 11.9 Å². The van der Waals surface area contributed by atoms with Crippen molar-refractivity contribution in [1.82, 2.24) is 0 Å². The van der Waals surface area contributed by atoms with Gasteiger partial charge in [0.1, 0.15) is 0 Å². The number of allylic oxidation sites excluding steroid dienone is 2. The van der Waals surface area contributed by atoms with Crippen LogP contribution < -0.4 is 0 Å². The largest absolute Gasteiger partial charge is 0.492 e. The molecule has 0 aromatic heterocycles. The van der Waals surface area contributed by atoms with Crippen LogP contribution in [0, 0.1) is 11.3 Å². The second-order valence-electron chi connectivity index (χ2n) is 4.03. The predicted molar refractivity (Wildman–Crippen MR) is 43.0 cm³/mol. The number of ether oxygens (including phenoxy) is 1. The van der Waals surface area contributed by atoms with Crippen LogP contribution in [0.4, 0.5) is 13.2 Å². The Morgan fingerprint density at radius 3 is 2.15 bits per heavy atom. The average molecular weight is 194 g/mol. The van der Waals surface area contributed by atoms with Crippen LogP contribution in [0.5, 0.6) is 0 Å². The Bertz CT molecular complexity index is 228. The molecule has 1 saturated carbocycles. The van der Waals surface area contributed by atoms with Crippen molar-refractivity contribution in [2.24, 2.45) is 11.3 Å². The van der Waals surface area contributed by atoms with Gasteiger partial charge in [-0.1, -0.05) is 13.8 Å². The van der Waals surface area contributed by atoms with Crippen molar-refractivity contribution in [3.63, 3.8) is 0 Å². The van der Waals surface area contributed by atoms with E-state index in [-0.39, 0.29) is 11.3 Å². The molecule has 1 rings (SSSR count). The highest BCUT2D eigenvalue weighted by Gasteiger charge is 2.47. The third-order valence-corrected chi connectivity index (χ3v) is 2.44. The molecule has 0 aromatic carbocycles. The molecule has 1 nitrogen and oxygen atoms in total. The van der Waals surface area contributed by atoms with Gasteiger partial charge in [0.25, 0.3) is 0 Å². The Hall–Kier alpha value is -0.670. The van der Waals surface area contributed by atoms with Crippen molar-refractivity contribution in [2.75, 3.05) is 7.11 Å². The first-order chi connectivity index (χ1) is 5.77. The third kappa shape index (κ3) is 2.39. The van der Waals surface area contributed by atoms with Gasteiger partial charge in [-0.3, -0.25) is 0 Å². The molecular weight excluding hydrogens is 181 g/mol. The van der Waals surface area contributed by atoms with E-state index in [4.69, 9.17) is 0 Å². The highest BCUT2D eigenvalue weighted by Crippen LogP contribution is 2.53. The van der Waals surface area contributed by atoms with Crippen LogP contribution in [0.2, 0.25) is 0 Å². The van der Waals surface area contributed by atoms with Crippen molar-refractivity contribution >= 4 is 0 Å². The molecule has 1 aliphatic rings. The number of halogens is 3. The molecule has 1 unspecified atom stereocenters. The van der Waals surface area contributed by atoms with Crippen LogP contribution >= 0.6 is 0 Å². The predicted octanol–water partition coefficient (Wildman–Crippen LogP) is 3.13. The Morgan fingerprint density at radius 1 is 1.46 bits per heavy atom. The SMILES string of the molecule is COC(=CC1CC1(C)C)C(F)(F)F. The number of hydrogen-bond acceptors (Lipinski definition) is 1. The van der Waals surface area contributed by atoms with Crippen LogP contribution in [0.1, 0.15) is 20.3 Å². The fourth-order valence-corrected chi connectivity index (χ4v) is 1.25. The van der Waals surface area contributed by atoms with E-state index in [1.54, 1.807) is 0 Å². The lowest BCUT2D eigenvalue weighted by molar-refractivity contribution is -0.126. The smallest absolute Gasteiger partial charge is 0.448 e. The minimum atomic E-state index is -4.35. The zero-order valence-electron chi connectivity index (χ0n) is 7.90. The summed E-state index contributed by atoms with van der Waals surface area (Å²) in [5.41, 5.74) is 0.00896. The van der Waals surface area contributed by atoms with Crippen molar-refractivity contribution in [1.29, 1.82) is 0 Å². The van der Waals surface area contributed by atoms with E-state index in [0.29, 0.717) is 0 Å². The van der Waals surface area contributed by atoms with E-state index in [2.05, 4.69) is 4.74 Å². The highest BCUT2D eigenvalue weighted by molar-refractivity contribution is 5.13. The first-order valence-corrected chi connectivity index (χ1v) is 4.10. The third-order valence-electron chi connectivity index (χ3n) is 2.44. The maximum Gasteiger partial charge on any atom is 0.448 e. The molecule has 76 valence electrons. The Kier molecular flexibility index (Phi) is 2.34. The maximum atomic E-state index is 12.2. The molecule has 4 heteroatoms. The molecular formula is C9H13F3O. The molecule has 1 aliphatic carbocycles. The summed E-state index contributed by atoms with van der Waals surface area (Å²) >= 11 is 0. The van der Waals surface area contributed by atoms with Gasteiger partial charge < -0.3 is 4.74 Å². The standard InChI is InChI=1S/C9H13F3O/c1-8(2)5-6(8)4-7(13-3)9(10,11)12/h4,6H,5H2,1-3H3. The summed E-state index contributed by atoms with van der Waals surface area (Å²) in [5, 5.41) is 0. The minimum absolute atomic E-state index is 0.00377. The zero-order valence-corrected chi connectivity index (χ0v) is 7.90. The van der Waals surface area contributed by atoms with Crippen LogP contribution in [0.3, 0.4) is 0 Å². The maximum absolute atomic E-state index is 12.2. The Labute approximate surface area is 75.6 Å². The van der Waals surface area contributed by atoms with Crippen molar-refractivity contribution < 1.29 is 17.9 Å². The number of alkyl halides is 3. The quantitative estimate of drug-likeness (QED) is 0.613. The Morgan fingerprint density at radius 2 is 1.92 bits per heavy atom. The lowest BCUT2D eigenvalue weighted by Gasteiger charge is -2.10. The molecule has 0 amide bonds. The van der Waals surface area contributed by atoms with Gasteiger partial charge in [0.15, 0.2) is 5.76 Å². The minimum Gasteiger partial charge on any atom is -0.492 e. The molecule has 1 atom stereocenters. The molecule has 0 spiro atoms. The topological polar surface area (TPSA) is 9.23 Å². The second kappa shape index (κ2) is 2.93. The normalized spacial score (nSPS) is 27.2. The molecule has 0 saturated heterocycles. The van der Waals surface area contributed by atoms with Crippen LogP contribution in [0.15, 0.2) is 11.8 Å². The van der Waals surface area contributed by atoms with Gasteiger partial charge in [-0.25, -0.2) is 0 Å². The first kappa shape index (κ1) is 10.4. The molecule has 1 fully saturated rings. The van der Waals surface area contributed by atoms with E-state index in [9.17, 15) is 13.2 Å². The van der Waals surface area contributed by atoms with E-state index in [1.807, 2.05) is 13.8 Å². The number of methoxy groups -OCH3 is 1. The van der Waals surface area contributed by atoms with Crippen molar-refractivity contribution in [3.05, 3.63) is 11.8 Å². The number of hydrogen-bond donors (Lipinski definition) is 0. The summed E-state index contributed by atoms with van der Waals surface area (Å²) in [6.45, 7) is 3.88. The summed E-state index contributed by atoms with van der Waals surface area (Å²) < 4.78 is 40.8. The highest BCUT2D eigenvalue weighted by atomic mass is 19.4. The van der Waals surface area contributed by atoms with Crippen molar-refractivity contribution in [3.8, 4) is 0 Å². The van der Waals surface area contributed by atoms with Gasteiger partial charge in [0.05, 0.1) is 7.11 Å². The van der Waals surface area contributed by atoms with Crippen LogP contribution in [0.25, 0.3) is 0 Å². The summed E-state index contributed by atoms with van der Waals surface area (Å²) in [6.07, 6.45) is -2.37. The van der Waals surface area contributed by atoms with Gasteiger partial charge >= 0.3 is 6.18 Å². The zero-order chi connectivity index (χ0) is 10.3. The van der Waals surface area contributed by atoms with Gasteiger partial charge in [-0.05, 0) is 23.8 Å². The lowest BCUT2D eigenvalue weighted by Crippen LogP contribution is -2.13. The van der Waals surface area contributed by atoms with Gasteiger partial charge in [0.2, 0.25) is 0 Å².